The molecule has 0 saturated carbocycles. The molecule has 2 aromatic rings. The molecule has 108 valence electrons. The topological polar surface area (TPSA) is 35.8 Å². The van der Waals surface area contributed by atoms with Crippen molar-refractivity contribution >= 4 is 17.3 Å². The normalized spacial score (nSPS) is 17.5. The Bertz CT molecular complexity index is 780. The molecule has 1 aliphatic heterocycles. The second-order valence-electron chi connectivity index (χ2n) is 5.25. The zero-order valence-corrected chi connectivity index (χ0v) is 12.9. The minimum atomic E-state index is -0.0567. The molecule has 1 unspecified atom stereocenters. The van der Waals surface area contributed by atoms with Crippen LogP contribution in [0.1, 0.15) is 24.0 Å². The van der Waals surface area contributed by atoms with Crippen LogP contribution in [0, 0.1) is 11.3 Å². The number of rotatable bonds is 2. The third-order valence-electron chi connectivity index (χ3n) is 3.80. The average molecular weight is 307 g/mol. The molecule has 3 rings (SSSR count). The number of benzene rings is 2. The van der Waals surface area contributed by atoms with Gasteiger partial charge in [-0.2, -0.15) is 5.26 Å². The first-order chi connectivity index (χ1) is 10.7. The number of dihydropyridines is 1. The van der Waals surface area contributed by atoms with Crippen molar-refractivity contribution in [1.82, 2.24) is 5.32 Å². The average Bonchev–Trinajstić information content (AvgIpc) is 2.55. The van der Waals surface area contributed by atoms with Gasteiger partial charge in [0.2, 0.25) is 0 Å². The largest absolute Gasteiger partial charge is 0.358 e. The number of nitrogens with one attached hydrogen (secondary N) is 1. The zero-order chi connectivity index (χ0) is 15.5. The zero-order valence-electron chi connectivity index (χ0n) is 12.2. The highest BCUT2D eigenvalue weighted by molar-refractivity contribution is 6.30. The Morgan fingerprint density at radius 2 is 1.73 bits per heavy atom. The minimum Gasteiger partial charge on any atom is -0.358 e. The van der Waals surface area contributed by atoms with Gasteiger partial charge in [0, 0.05) is 22.3 Å². The molecule has 1 atom stereocenters. The fourth-order valence-electron chi connectivity index (χ4n) is 2.67. The van der Waals surface area contributed by atoms with Crippen molar-refractivity contribution in [3.8, 4) is 6.07 Å². The second kappa shape index (κ2) is 6.09. The van der Waals surface area contributed by atoms with E-state index in [9.17, 15) is 5.26 Å². The molecule has 3 heteroatoms. The van der Waals surface area contributed by atoms with E-state index in [1.165, 1.54) is 0 Å². The predicted octanol–water partition coefficient (Wildman–Crippen LogP) is 4.87. The lowest BCUT2D eigenvalue weighted by Gasteiger charge is -2.25. The van der Waals surface area contributed by atoms with E-state index < -0.39 is 0 Å². The molecule has 0 radical (unpaired) electrons. The van der Waals surface area contributed by atoms with E-state index in [1.54, 1.807) is 0 Å². The van der Waals surface area contributed by atoms with Crippen molar-refractivity contribution < 1.29 is 0 Å². The number of nitriles is 1. The van der Waals surface area contributed by atoms with Gasteiger partial charge >= 0.3 is 0 Å². The van der Waals surface area contributed by atoms with E-state index in [4.69, 9.17) is 11.6 Å². The van der Waals surface area contributed by atoms with Crippen LogP contribution in [0.4, 0.5) is 0 Å². The molecular weight excluding hydrogens is 292 g/mol. The summed E-state index contributed by atoms with van der Waals surface area (Å²) in [5, 5.41) is 13.5. The SMILES string of the molecule is CC1=C(C#N)C(c2ccc(Cl)cc2)C=C(c2ccccc2)N1. The Kier molecular flexibility index (Phi) is 4.00. The van der Waals surface area contributed by atoms with Crippen molar-refractivity contribution in [3.63, 3.8) is 0 Å². The molecule has 0 aliphatic carbocycles. The highest BCUT2D eigenvalue weighted by Gasteiger charge is 2.23. The van der Waals surface area contributed by atoms with Crippen molar-refractivity contribution in [2.45, 2.75) is 12.8 Å². The minimum absolute atomic E-state index is 0.0567. The van der Waals surface area contributed by atoms with E-state index in [0.29, 0.717) is 5.02 Å². The van der Waals surface area contributed by atoms with Crippen LogP contribution < -0.4 is 5.32 Å². The van der Waals surface area contributed by atoms with E-state index in [2.05, 4.69) is 29.6 Å². The second-order valence-corrected chi connectivity index (χ2v) is 5.69. The maximum absolute atomic E-state index is 9.50. The number of allylic oxidation sites excluding steroid dienone is 3. The lowest BCUT2D eigenvalue weighted by Crippen LogP contribution is -2.20. The molecule has 0 fully saturated rings. The number of hydrogen-bond donors (Lipinski definition) is 1. The molecule has 0 bridgehead atoms. The number of halogens is 1. The summed E-state index contributed by atoms with van der Waals surface area (Å²) in [6.45, 7) is 1.94. The first-order valence-corrected chi connectivity index (χ1v) is 7.47. The molecule has 0 spiro atoms. The third-order valence-corrected chi connectivity index (χ3v) is 4.06. The molecule has 0 aromatic heterocycles. The van der Waals surface area contributed by atoms with Crippen LogP contribution in [0.15, 0.2) is 71.9 Å². The van der Waals surface area contributed by atoms with E-state index in [1.807, 2.05) is 49.4 Å². The monoisotopic (exact) mass is 306 g/mol. The first-order valence-electron chi connectivity index (χ1n) is 7.09. The summed E-state index contributed by atoms with van der Waals surface area (Å²) >= 11 is 5.97. The van der Waals surface area contributed by atoms with E-state index in [-0.39, 0.29) is 5.92 Å². The van der Waals surface area contributed by atoms with Gasteiger partial charge in [-0.25, -0.2) is 0 Å². The van der Waals surface area contributed by atoms with Crippen LogP contribution in [0.25, 0.3) is 5.70 Å². The van der Waals surface area contributed by atoms with Gasteiger partial charge in [0.05, 0.1) is 11.6 Å². The Balaban J connectivity index is 2.07. The summed E-state index contributed by atoms with van der Waals surface area (Å²) in [4.78, 5) is 0. The van der Waals surface area contributed by atoms with Gasteiger partial charge in [0.25, 0.3) is 0 Å². The van der Waals surface area contributed by atoms with Crippen LogP contribution in [-0.4, -0.2) is 0 Å². The number of nitrogens with zero attached hydrogens (tertiary/aromatic N) is 1. The first kappa shape index (κ1) is 14.4. The fraction of sp³-hybridized carbons (Fsp3) is 0.105. The molecule has 1 aliphatic rings. The molecule has 1 N–H and O–H groups in total. The predicted molar refractivity (Wildman–Crippen MR) is 90.1 cm³/mol. The summed E-state index contributed by atoms with van der Waals surface area (Å²) in [7, 11) is 0. The van der Waals surface area contributed by atoms with Gasteiger partial charge in [-0.3, -0.25) is 0 Å². The molecule has 2 nitrogen and oxygen atoms in total. The van der Waals surface area contributed by atoms with Gasteiger partial charge < -0.3 is 5.32 Å². The van der Waals surface area contributed by atoms with E-state index in [0.717, 1.165) is 28.1 Å². The Morgan fingerprint density at radius 1 is 1.05 bits per heavy atom. The smallest absolute Gasteiger partial charge is 0.0975 e. The lowest BCUT2D eigenvalue weighted by atomic mass is 9.86. The standard InChI is InChI=1S/C19H15ClN2/c1-13-18(12-21)17(14-7-9-16(20)10-8-14)11-19(22-13)15-5-3-2-4-6-15/h2-11,17,22H,1H3. The van der Waals surface area contributed by atoms with Crippen molar-refractivity contribution in [2.24, 2.45) is 0 Å². The molecule has 2 aromatic carbocycles. The van der Waals surface area contributed by atoms with Crippen LogP contribution in [0.5, 0.6) is 0 Å². The van der Waals surface area contributed by atoms with Crippen LogP contribution in [0.2, 0.25) is 5.02 Å². The molecule has 1 heterocycles. The summed E-state index contributed by atoms with van der Waals surface area (Å²) in [6, 6.07) is 20.1. The van der Waals surface area contributed by atoms with Gasteiger partial charge in [0.15, 0.2) is 0 Å². The number of hydrogen-bond acceptors (Lipinski definition) is 2. The molecule has 22 heavy (non-hydrogen) atoms. The highest BCUT2D eigenvalue weighted by Crippen LogP contribution is 2.34. The summed E-state index contributed by atoms with van der Waals surface area (Å²) in [5.41, 5.74) is 4.83. The van der Waals surface area contributed by atoms with Gasteiger partial charge in [-0.05, 0) is 36.3 Å². The lowest BCUT2D eigenvalue weighted by molar-refractivity contribution is 0.908. The Labute approximate surface area is 135 Å². The van der Waals surface area contributed by atoms with Crippen LogP contribution in [-0.2, 0) is 0 Å². The van der Waals surface area contributed by atoms with Gasteiger partial charge in [-0.1, -0.05) is 54.1 Å². The molecular formula is C19H15ClN2. The van der Waals surface area contributed by atoms with E-state index >= 15 is 0 Å². The van der Waals surface area contributed by atoms with Crippen LogP contribution in [0.3, 0.4) is 0 Å². The summed E-state index contributed by atoms with van der Waals surface area (Å²) < 4.78 is 0. The van der Waals surface area contributed by atoms with Crippen molar-refractivity contribution in [1.29, 1.82) is 5.26 Å². The quantitative estimate of drug-likeness (QED) is 0.859. The highest BCUT2D eigenvalue weighted by atomic mass is 35.5. The summed E-state index contributed by atoms with van der Waals surface area (Å²) in [6.07, 6.45) is 2.10. The maximum atomic E-state index is 9.50. The van der Waals surface area contributed by atoms with Gasteiger partial charge in [0.1, 0.15) is 0 Å². The van der Waals surface area contributed by atoms with Crippen LogP contribution >= 0.6 is 11.6 Å². The summed E-state index contributed by atoms with van der Waals surface area (Å²) in [5.74, 6) is -0.0567. The van der Waals surface area contributed by atoms with Gasteiger partial charge in [-0.15, -0.1) is 0 Å². The maximum Gasteiger partial charge on any atom is 0.0975 e. The molecule has 0 amide bonds. The van der Waals surface area contributed by atoms with Crippen molar-refractivity contribution in [2.75, 3.05) is 0 Å². The van der Waals surface area contributed by atoms with Crippen molar-refractivity contribution in [3.05, 3.63) is 88.1 Å². The Hall–Kier alpha value is -2.50. The Morgan fingerprint density at radius 3 is 2.36 bits per heavy atom. The fourth-order valence-corrected chi connectivity index (χ4v) is 2.79. The molecule has 0 saturated heterocycles. The third kappa shape index (κ3) is 2.77.